The average molecular weight is 320 g/mol. The largest absolute Gasteiger partial charge is 0.444 e. The van der Waals surface area contributed by atoms with Gasteiger partial charge < -0.3 is 9.73 Å². The van der Waals surface area contributed by atoms with E-state index in [0.29, 0.717) is 17.4 Å². The third kappa shape index (κ3) is 2.45. The number of nitrogens with zero attached hydrogens (tertiary/aromatic N) is 2. The maximum absolute atomic E-state index is 8.86. The number of hydrogen-bond donors (Lipinski definition) is 1. The number of nitriles is 1. The van der Waals surface area contributed by atoms with Crippen molar-refractivity contribution in [1.82, 2.24) is 4.98 Å². The normalized spacial score (nSPS) is 16.4. The smallest absolute Gasteiger partial charge is 0.204 e. The van der Waals surface area contributed by atoms with E-state index in [1.807, 2.05) is 6.07 Å². The Kier molecular flexibility index (Phi) is 3.43. The summed E-state index contributed by atoms with van der Waals surface area (Å²) in [4.78, 5) is 4.39. The third-order valence-electron chi connectivity index (χ3n) is 3.57. The summed E-state index contributed by atoms with van der Waals surface area (Å²) in [5, 5.41) is 13.2. The van der Waals surface area contributed by atoms with E-state index >= 15 is 0 Å². The number of anilines is 1. The SMILES string of the molecule is N#Cc1cc2c(Br)c(NC3CCCCC3)ncc2o1. The number of pyridine rings is 1. The van der Waals surface area contributed by atoms with E-state index in [9.17, 15) is 0 Å². The molecule has 1 aliphatic carbocycles. The topological polar surface area (TPSA) is 61.9 Å². The van der Waals surface area contributed by atoms with E-state index in [0.717, 1.165) is 15.7 Å². The van der Waals surface area contributed by atoms with E-state index in [1.165, 1.54) is 32.1 Å². The Morgan fingerprint density at radius 3 is 2.89 bits per heavy atom. The molecule has 2 aromatic rings. The van der Waals surface area contributed by atoms with Crippen LogP contribution in [0.4, 0.5) is 5.82 Å². The second kappa shape index (κ2) is 5.22. The molecule has 5 heteroatoms. The maximum Gasteiger partial charge on any atom is 0.204 e. The first-order valence-corrected chi connectivity index (χ1v) is 7.32. The molecule has 98 valence electrons. The third-order valence-corrected chi connectivity index (χ3v) is 4.38. The van der Waals surface area contributed by atoms with E-state index in [-0.39, 0.29) is 0 Å². The molecule has 3 rings (SSSR count). The minimum Gasteiger partial charge on any atom is -0.444 e. The van der Waals surface area contributed by atoms with Gasteiger partial charge in [0.15, 0.2) is 5.58 Å². The average Bonchev–Trinajstić information content (AvgIpc) is 2.87. The summed E-state index contributed by atoms with van der Waals surface area (Å²) in [6, 6.07) is 4.25. The fourth-order valence-corrected chi connectivity index (χ4v) is 3.10. The highest BCUT2D eigenvalue weighted by atomic mass is 79.9. The van der Waals surface area contributed by atoms with Crippen molar-refractivity contribution < 1.29 is 4.42 Å². The molecule has 19 heavy (non-hydrogen) atoms. The molecule has 0 atom stereocenters. The molecule has 2 heterocycles. The summed E-state index contributed by atoms with van der Waals surface area (Å²) < 4.78 is 6.24. The number of halogens is 1. The molecule has 0 aromatic carbocycles. The highest BCUT2D eigenvalue weighted by molar-refractivity contribution is 9.10. The summed E-state index contributed by atoms with van der Waals surface area (Å²) in [5.74, 6) is 1.15. The van der Waals surface area contributed by atoms with Crippen molar-refractivity contribution in [2.24, 2.45) is 0 Å². The summed E-state index contributed by atoms with van der Waals surface area (Å²) in [6.45, 7) is 0. The highest BCUT2D eigenvalue weighted by Gasteiger charge is 2.17. The van der Waals surface area contributed by atoms with Crippen molar-refractivity contribution in [2.75, 3.05) is 5.32 Å². The van der Waals surface area contributed by atoms with E-state index in [1.54, 1.807) is 12.3 Å². The number of aromatic nitrogens is 1. The molecule has 0 bridgehead atoms. The van der Waals surface area contributed by atoms with Crippen LogP contribution in [-0.2, 0) is 0 Å². The van der Waals surface area contributed by atoms with E-state index in [2.05, 4.69) is 26.2 Å². The van der Waals surface area contributed by atoms with Gasteiger partial charge in [-0.05, 0) is 28.8 Å². The molecular formula is C14H14BrN3O. The first-order chi connectivity index (χ1) is 9.28. The first-order valence-electron chi connectivity index (χ1n) is 6.52. The molecule has 0 radical (unpaired) electrons. The van der Waals surface area contributed by atoms with Crippen LogP contribution in [0.15, 0.2) is 21.2 Å². The molecular weight excluding hydrogens is 306 g/mol. The van der Waals surface area contributed by atoms with Crippen LogP contribution in [0.5, 0.6) is 0 Å². The molecule has 1 N–H and O–H groups in total. The molecule has 0 saturated heterocycles. The molecule has 4 nitrogen and oxygen atoms in total. The lowest BCUT2D eigenvalue weighted by Crippen LogP contribution is -2.23. The Bertz CT molecular complexity index is 638. The number of nitrogens with one attached hydrogen (secondary N) is 1. The summed E-state index contributed by atoms with van der Waals surface area (Å²) in [6.07, 6.45) is 7.96. The molecule has 0 unspecified atom stereocenters. The Morgan fingerprint density at radius 2 is 2.16 bits per heavy atom. The zero-order valence-corrected chi connectivity index (χ0v) is 12.0. The fourth-order valence-electron chi connectivity index (χ4n) is 2.58. The summed E-state index contributed by atoms with van der Waals surface area (Å²) in [7, 11) is 0. The van der Waals surface area contributed by atoms with Crippen LogP contribution in [-0.4, -0.2) is 11.0 Å². The van der Waals surface area contributed by atoms with Gasteiger partial charge in [-0.1, -0.05) is 19.3 Å². The van der Waals surface area contributed by atoms with Crippen LogP contribution in [0.3, 0.4) is 0 Å². The highest BCUT2D eigenvalue weighted by Crippen LogP contribution is 2.33. The first kappa shape index (κ1) is 12.5. The number of furan rings is 1. The van der Waals surface area contributed by atoms with Crippen LogP contribution >= 0.6 is 15.9 Å². The van der Waals surface area contributed by atoms with Gasteiger partial charge in [-0.3, -0.25) is 0 Å². The van der Waals surface area contributed by atoms with Crippen molar-refractivity contribution in [3.8, 4) is 6.07 Å². The maximum atomic E-state index is 8.86. The predicted molar refractivity (Wildman–Crippen MR) is 76.9 cm³/mol. The second-order valence-electron chi connectivity index (χ2n) is 4.90. The van der Waals surface area contributed by atoms with Crippen molar-refractivity contribution >= 4 is 32.7 Å². The monoisotopic (exact) mass is 319 g/mol. The van der Waals surface area contributed by atoms with Crippen molar-refractivity contribution in [3.63, 3.8) is 0 Å². The Morgan fingerprint density at radius 1 is 1.37 bits per heavy atom. The van der Waals surface area contributed by atoms with Gasteiger partial charge in [0.05, 0.1) is 10.7 Å². The number of hydrogen-bond acceptors (Lipinski definition) is 4. The molecule has 1 saturated carbocycles. The van der Waals surface area contributed by atoms with Gasteiger partial charge in [0.1, 0.15) is 11.9 Å². The van der Waals surface area contributed by atoms with E-state index in [4.69, 9.17) is 9.68 Å². The van der Waals surface area contributed by atoms with Crippen LogP contribution < -0.4 is 5.32 Å². The molecule has 0 aliphatic heterocycles. The lowest BCUT2D eigenvalue weighted by atomic mass is 9.95. The zero-order valence-electron chi connectivity index (χ0n) is 10.4. The Hall–Kier alpha value is -1.54. The summed E-state index contributed by atoms with van der Waals surface area (Å²) in [5.41, 5.74) is 0.637. The summed E-state index contributed by atoms with van der Waals surface area (Å²) >= 11 is 3.56. The van der Waals surface area contributed by atoms with Gasteiger partial charge in [0, 0.05) is 17.5 Å². The van der Waals surface area contributed by atoms with Crippen LogP contribution in [0.1, 0.15) is 37.9 Å². The number of rotatable bonds is 2. The van der Waals surface area contributed by atoms with Gasteiger partial charge in [-0.2, -0.15) is 5.26 Å². The fraction of sp³-hybridized carbons (Fsp3) is 0.429. The minimum absolute atomic E-state index is 0.312. The van der Waals surface area contributed by atoms with Crippen molar-refractivity contribution in [2.45, 2.75) is 38.1 Å². The van der Waals surface area contributed by atoms with Gasteiger partial charge in [0.2, 0.25) is 5.76 Å². The molecule has 2 aromatic heterocycles. The second-order valence-corrected chi connectivity index (χ2v) is 5.69. The van der Waals surface area contributed by atoms with Gasteiger partial charge in [-0.15, -0.1) is 0 Å². The van der Waals surface area contributed by atoms with Crippen LogP contribution in [0.2, 0.25) is 0 Å². The number of fused-ring (bicyclic) bond motifs is 1. The van der Waals surface area contributed by atoms with E-state index < -0.39 is 0 Å². The lowest BCUT2D eigenvalue weighted by molar-refractivity contribution is 0.461. The predicted octanol–water partition coefficient (Wildman–Crippen LogP) is 4.21. The van der Waals surface area contributed by atoms with Crippen molar-refractivity contribution in [1.29, 1.82) is 5.26 Å². The molecule has 0 spiro atoms. The lowest BCUT2D eigenvalue weighted by Gasteiger charge is -2.23. The van der Waals surface area contributed by atoms with Crippen LogP contribution in [0, 0.1) is 11.3 Å². The Balaban J connectivity index is 1.91. The molecule has 1 fully saturated rings. The van der Waals surface area contributed by atoms with Gasteiger partial charge >= 0.3 is 0 Å². The zero-order chi connectivity index (χ0) is 13.2. The van der Waals surface area contributed by atoms with Gasteiger partial charge in [-0.25, -0.2) is 4.98 Å². The van der Waals surface area contributed by atoms with Crippen LogP contribution in [0.25, 0.3) is 11.0 Å². The minimum atomic E-state index is 0.312. The van der Waals surface area contributed by atoms with Crippen molar-refractivity contribution in [3.05, 3.63) is 22.5 Å². The van der Waals surface area contributed by atoms with Gasteiger partial charge in [0.25, 0.3) is 0 Å². The Labute approximate surface area is 119 Å². The molecule has 1 aliphatic rings. The standard InChI is InChI=1S/C14H14BrN3O/c15-13-11-6-10(7-16)19-12(11)8-17-14(13)18-9-4-2-1-3-5-9/h6,8-9H,1-5H2,(H,17,18). The molecule has 0 amide bonds. The quantitative estimate of drug-likeness (QED) is 0.900.